The molecule has 0 spiro atoms. The highest BCUT2D eigenvalue weighted by atomic mass is 16.1. The van der Waals surface area contributed by atoms with E-state index in [2.05, 4.69) is 17.0 Å². The standard InChI is InChI=1S/C14H17BN2O/c1-10(11-6-2-3-7-11)15-16-13-9-5-4-8-12(13)14(18)17-15/h4-5,8-9,11,16H,1-3,6-7H2,(H,17,18). The van der Waals surface area contributed by atoms with E-state index in [1.807, 2.05) is 24.3 Å². The number of carbonyl (C=O) groups excluding carboxylic acids is 1. The molecule has 0 unspecified atom stereocenters. The van der Waals surface area contributed by atoms with Crippen molar-refractivity contribution >= 4 is 18.6 Å². The fraction of sp³-hybridized carbons (Fsp3) is 0.357. The molecule has 0 aromatic heterocycles. The van der Waals surface area contributed by atoms with E-state index in [0.29, 0.717) is 11.5 Å². The van der Waals surface area contributed by atoms with Crippen molar-refractivity contribution in [2.24, 2.45) is 5.92 Å². The molecule has 1 aliphatic carbocycles. The van der Waals surface area contributed by atoms with Crippen LogP contribution in [-0.4, -0.2) is 12.9 Å². The lowest BCUT2D eigenvalue weighted by Crippen LogP contribution is -2.51. The van der Waals surface area contributed by atoms with E-state index in [9.17, 15) is 4.79 Å². The van der Waals surface area contributed by atoms with E-state index in [1.165, 1.54) is 25.7 Å². The van der Waals surface area contributed by atoms with Gasteiger partial charge in [0.15, 0.2) is 0 Å². The molecule has 4 heteroatoms. The first-order valence-corrected chi connectivity index (χ1v) is 6.61. The van der Waals surface area contributed by atoms with Crippen LogP contribution in [0.2, 0.25) is 0 Å². The molecule has 1 aliphatic heterocycles. The lowest BCUT2D eigenvalue weighted by Gasteiger charge is -2.28. The van der Waals surface area contributed by atoms with E-state index >= 15 is 0 Å². The van der Waals surface area contributed by atoms with E-state index in [-0.39, 0.29) is 12.9 Å². The molecule has 92 valence electrons. The van der Waals surface area contributed by atoms with Crippen molar-refractivity contribution in [2.45, 2.75) is 25.7 Å². The Kier molecular flexibility index (Phi) is 2.86. The molecule has 0 saturated heterocycles. The number of hydrogen-bond acceptors (Lipinski definition) is 2. The first kappa shape index (κ1) is 11.4. The van der Waals surface area contributed by atoms with Gasteiger partial charge in [-0.1, -0.05) is 30.4 Å². The molecule has 1 fully saturated rings. The first-order chi connectivity index (χ1) is 8.75. The van der Waals surface area contributed by atoms with Crippen molar-refractivity contribution in [1.29, 1.82) is 0 Å². The normalized spacial score (nSPS) is 19.1. The molecule has 1 amide bonds. The summed E-state index contributed by atoms with van der Waals surface area (Å²) in [5, 5.41) is 6.37. The zero-order chi connectivity index (χ0) is 12.5. The largest absolute Gasteiger partial charge is 0.405 e. The number of allylic oxidation sites excluding steroid dienone is 1. The Labute approximate surface area is 108 Å². The maximum atomic E-state index is 12.0. The van der Waals surface area contributed by atoms with Crippen LogP contribution in [0.15, 0.2) is 36.3 Å². The molecule has 1 saturated carbocycles. The van der Waals surface area contributed by atoms with Crippen LogP contribution in [0.5, 0.6) is 0 Å². The third kappa shape index (κ3) is 1.92. The van der Waals surface area contributed by atoms with Crippen LogP contribution >= 0.6 is 0 Å². The number of hydrogen-bond donors (Lipinski definition) is 2. The van der Waals surface area contributed by atoms with Gasteiger partial charge in [0.2, 0.25) is 5.91 Å². The fourth-order valence-electron chi connectivity index (χ4n) is 2.93. The van der Waals surface area contributed by atoms with Crippen LogP contribution in [0.25, 0.3) is 0 Å². The van der Waals surface area contributed by atoms with Gasteiger partial charge in [0, 0.05) is 5.69 Å². The Balaban J connectivity index is 1.81. The van der Waals surface area contributed by atoms with Crippen LogP contribution in [0.4, 0.5) is 5.69 Å². The first-order valence-electron chi connectivity index (χ1n) is 6.61. The smallest absolute Gasteiger partial charge is 0.404 e. The second-order valence-electron chi connectivity index (χ2n) is 5.15. The Morgan fingerprint density at radius 2 is 1.94 bits per heavy atom. The zero-order valence-electron chi connectivity index (χ0n) is 10.4. The third-order valence-corrected chi connectivity index (χ3v) is 4.00. The Morgan fingerprint density at radius 1 is 1.22 bits per heavy atom. The van der Waals surface area contributed by atoms with Crippen molar-refractivity contribution < 1.29 is 4.79 Å². The van der Waals surface area contributed by atoms with E-state index in [1.54, 1.807) is 0 Å². The highest BCUT2D eigenvalue weighted by Gasteiger charge is 2.33. The average Bonchev–Trinajstić information content (AvgIpc) is 2.91. The average molecular weight is 240 g/mol. The van der Waals surface area contributed by atoms with E-state index in [0.717, 1.165) is 11.2 Å². The number of fused-ring (bicyclic) bond motifs is 1. The number of anilines is 1. The van der Waals surface area contributed by atoms with Gasteiger partial charge in [-0.3, -0.25) is 4.79 Å². The molecule has 3 rings (SSSR count). The summed E-state index contributed by atoms with van der Waals surface area (Å²) in [6.45, 7) is 4.08. The summed E-state index contributed by atoms with van der Waals surface area (Å²) in [7, 11) is 0. The Hall–Kier alpha value is -1.71. The summed E-state index contributed by atoms with van der Waals surface area (Å²) in [6.07, 6.45) is 4.96. The van der Waals surface area contributed by atoms with E-state index in [4.69, 9.17) is 0 Å². The summed E-state index contributed by atoms with van der Waals surface area (Å²) < 4.78 is 0. The topological polar surface area (TPSA) is 41.1 Å². The van der Waals surface area contributed by atoms with Crippen LogP contribution in [0.3, 0.4) is 0 Å². The second-order valence-corrected chi connectivity index (χ2v) is 5.15. The van der Waals surface area contributed by atoms with Gasteiger partial charge < -0.3 is 10.5 Å². The van der Waals surface area contributed by atoms with Gasteiger partial charge in [-0.2, -0.15) is 0 Å². The molecule has 3 nitrogen and oxygen atoms in total. The number of para-hydroxylation sites is 1. The molecule has 0 atom stereocenters. The molecular weight excluding hydrogens is 223 g/mol. The van der Waals surface area contributed by atoms with Gasteiger partial charge in [-0.15, -0.1) is 6.58 Å². The molecule has 1 heterocycles. The van der Waals surface area contributed by atoms with Crippen molar-refractivity contribution in [3.05, 3.63) is 41.9 Å². The molecule has 2 aliphatic rings. The van der Waals surface area contributed by atoms with Gasteiger partial charge in [0.05, 0.1) is 5.56 Å². The Bertz CT molecular complexity index is 494. The number of amides is 1. The van der Waals surface area contributed by atoms with Crippen molar-refractivity contribution in [2.75, 3.05) is 5.23 Å². The van der Waals surface area contributed by atoms with Crippen molar-refractivity contribution in [3.8, 4) is 0 Å². The lowest BCUT2D eigenvalue weighted by atomic mass is 9.61. The van der Waals surface area contributed by atoms with Gasteiger partial charge in [0.1, 0.15) is 0 Å². The number of nitrogens with one attached hydrogen (secondary N) is 2. The molecule has 0 bridgehead atoms. The highest BCUT2D eigenvalue weighted by molar-refractivity contribution is 6.71. The quantitative estimate of drug-likeness (QED) is 0.780. The summed E-state index contributed by atoms with van der Waals surface area (Å²) in [5.74, 6) is 0.543. The van der Waals surface area contributed by atoms with Crippen LogP contribution in [0, 0.1) is 5.92 Å². The van der Waals surface area contributed by atoms with Crippen molar-refractivity contribution in [3.63, 3.8) is 0 Å². The molecule has 18 heavy (non-hydrogen) atoms. The zero-order valence-corrected chi connectivity index (χ0v) is 10.4. The fourth-order valence-corrected chi connectivity index (χ4v) is 2.93. The molecule has 1 aromatic rings. The molecular formula is C14H17BN2O. The minimum absolute atomic E-state index is 0.00602. The lowest BCUT2D eigenvalue weighted by molar-refractivity contribution is 0.0978. The maximum absolute atomic E-state index is 12.0. The monoisotopic (exact) mass is 240 g/mol. The molecule has 1 aromatic carbocycles. The van der Waals surface area contributed by atoms with Crippen LogP contribution in [-0.2, 0) is 0 Å². The van der Waals surface area contributed by atoms with Crippen LogP contribution < -0.4 is 10.5 Å². The van der Waals surface area contributed by atoms with Gasteiger partial charge >= 0.3 is 6.98 Å². The second kappa shape index (κ2) is 4.52. The summed E-state index contributed by atoms with van der Waals surface area (Å²) >= 11 is 0. The minimum Gasteiger partial charge on any atom is -0.405 e. The predicted molar refractivity (Wildman–Crippen MR) is 74.4 cm³/mol. The van der Waals surface area contributed by atoms with Gasteiger partial charge in [-0.25, -0.2) is 0 Å². The number of rotatable bonds is 2. The predicted octanol–water partition coefficient (Wildman–Crippen LogP) is 2.62. The number of carbonyl (C=O) groups is 1. The summed E-state index contributed by atoms with van der Waals surface area (Å²) in [5.41, 5.74) is 2.74. The molecule has 2 N–H and O–H groups in total. The van der Waals surface area contributed by atoms with E-state index < -0.39 is 0 Å². The highest BCUT2D eigenvalue weighted by Crippen LogP contribution is 2.32. The summed E-state index contributed by atoms with van der Waals surface area (Å²) in [4.78, 5) is 12.0. The Morgan fingerprint density at radius 3 is 2.72 bits per heavy atom. The SMILES string of the molecule is C=C(B1NC(=O)c2ccccc2N1)C1CCCC1. The maximum Gasteiger partial charge on any atom is 0.404 e. The number of benzene rings is 1. The van der Waals surface area contributed by atoms with Crippen molar-refractivity contribution in [1.82, 2.24) is 5.23 Å². The molecule has 0 radical (unpaired) electrons. The minimum atomic E-state index is -0.115. The van der Waals surface area contributed by atoms with Gasteiger partial charge in [-0.05, 0) is 30.9 Å². The van der Waals surface area contributed by atoms with Gasteiger partial charge in [0.25, 0.3) is 0 Å². The third-order valence-electron chi connectivity index (χ3n) is 4.00. The summed E-state index contributed by atoms with van der Waals surface area (Å²) in [6, 6.07) is 7.61. The van der Waals surface area contributed by atoms with Crippen LogP contribution in [0.1, 0.15) is 36.0 Å².